The Morgan fingerprint density at radius 1 is 1.50 bits per heavy atom. The maximum absolute atomic E-state index is 12.8. The Morgan fingerprint density at radius 3 is 2.89 bits per heavy atom. The van der Waals surface area contributed by atoms with Gasteiger partial charge in [0.15, 0.2) is 5.78 Å². The molecular formula is C13H21N3O2. The number of carbonyl (C=O) groups excluding carboxylic acids is 2. The van der Waals surface area contributed by atoms with E-state index in [-0.39, 0.29) is 29.4 Å². The second-order valence-corrected chi connectivity index (χ2v) is 5.86. The minimum Gasteiger partial charge on any atom is -0.315 e. The summed E-state index contributed by atoms with van der Waals surface area (Å²) in [6.45, 7) is 3.42. The van der Waals surface area contributed by atoms with E-state index in [1.165, 1.54) is 0 Å². The first-order valence-electron chi connectivity index (χ1n) is 6.84. The van der Waals surface area contributed by atoms with Gasteiger partial charge in [0.25, 0.3) is 0 Å². The van der Waals surface area contributed by atoms with Gasteiger partial charge in [0.05, 0.1) is 12.2 Å². The lowest BCUT2D eigenvalue weighted by molar-refractivity contribution is -0.144. The molecule has 0 aromatic rings. The van der Waals surface area contributed by atoms with E-state index >= 15 is 0 Å². The summed E-state index contributed by atoms with van der Waals surface area (Å²) in [6.07, 6.45) is 3.64. The fourth-order valence-corrected chi connectivity index (χ4v) is 3.88. The van der Waals surface area contributed by atoms with E-state index in [1.807, 2.05) is 11.9 Å². The number of rotatable bonds is 1. The molecule has 3 heterocycles. The maximum Gasteiger partial charge on any atom is 0.245 e. The molecule has 18 heavy (non-hydrogen) atoms. The van der Waals surface area contributed by atoms with Crippen LogP contribution in [-0.4, -0.2) is 59.4 Å². The van der Waals surface area contributed by atoms with E-state index in [4.69, 9.17) is 0 Å². The Morgan fingerprint density at radius 2 is 2.28 bits per heavy atom. The predicted molar refractivity (Wildman–Crippen MR) is 66.9 cm³/mol. The van der Waals surface area contributed by atoms with E-state index < -0.39 is 0 Å². The van der Waals surface area contributed by atoms with Crippen molar-refractivity contribution in [1.29, 1.82) is 0 Å². The number of fused-ring (bicyclic) bond motifs is 1. The molecule has 3 rings (SSSR count). The highest BCUT2D eigenvalue weighted by Crippen LogP contribution is 2.42. The molecule has 0 radical (unpaired) electrons. The van der Waals surface area contributed by atoms with Crippen LogP contribution < -0.4 is 5.32 Å². The van der Waals surface area contributed by atoms with Gasteiger partial charge in [-0.1, -0.05) is 0 Å². The maximum atomic E-state index is 12.8. The fraction of sp³-hybridized carbons (Fsp3) is 0.846. The van der Waals surface area contributed by atoms with Gasteiger partial charge in [0.1, 0.15) is 5.54 Å². The lowest BCUT2D eigenvalue weighted by atomic mass is 9.94. The Hall–Kier alpha value is -0.940. The van der Waals surface area contributed by atoms with Crippen molar-refractivity contribution in [3.8, 4) is 0 Å². The predicted octanol–water partition coefficient (Wildman–Crippen LogP) is -0.0399. The smallest absolute Gasteiger partial charge is 0.245 e. The summed E-state index contributed by atoms with van der Waals surface area (Å²) in [4.78, 5) is 28.5. The molecule has 3 saturated heterocycles. The number of hydrogen-bond acceptors (Lipinski definition) is 4. The van der Waals surface area contributed by atoms with Gasteiger partial charge < -0.3 is 4.90 Å². The van der Waals surface area contributed by atoms with Gasteiger partial charge in [-0.05, 0) is 46.3 Å². The van der Waals surface area contributed by atoms with E-state index in [9.17, 15) is 9.59 Å². The molecule has 3 aliphatic rings. The second kappa shape index (κ2) is 4.03. The van der Waals surface area contributed by atoms with E-state index in [2.05, 4.69) is 10.2 Å². The molecule has 1 amide bonds. The Labute approximate surface area is 107 Å². The molecule has 3 fully saturated rings. The first kappa shape index (κ1) is 12.1. The van der Waals surface area contributed by atoms with Crippen LogP contribution in [-0.2, 0) is 9.59 Å². The van der Waals surface area contributed by atoms with E-state index in [0.29, 0.717) is 0 Å². The highest BCUT2D eigenvalue weighted by atomic mass is 16.2. The minimum absolute atomic E-state index is 0.0562. The lowest BCUT2D eigenvalue weighted by Crippen LogP contribution is -2.58. The molecule has 0 aromatic heterocycles. The van der Waals surface area contributed by atoms with Crippen molar-refractivity contribution in [3.05, 3.63) is 0 Å². The zero-order valence-corrected chi connectivity index (χ0v) is 11.1. The van der Waals surface area contributed by atoms with Gasteiger partial charge in [-0.15, -0.1) is 0 Å². The summed E-state index contributed by atoms with van der Waals surface area (Å²) >= 11 is 0. The van der Waals surface area contributed by atoms with Crippen LogP contribution in [0.25, 0.3) is 0 Å². The van der Waals surface area contributed by atoms with Crippen molar-refractivity contribution < 1.29 is 9.59 Å². The molecule has 100 valence electrons. The average Bonchev–Trinajstić information content (AvgIpc) is 2.83. The molecule has 0 bridgehead atoms. The van der Waals surface area contributed by atoms with Crippen molar-refractivity contribution in [2.75, 3.05) is 20.1 Å². The van der Waals surface area contributed by atoms with Crippen LogP contribution >= 0.6 is 0 Å². The topological polar surface area (TPSA) is 52.7 Å². The standard InChI is InChI=1S/C13H21N3O2/c1-9(17)10-4-6-14-11-8-13(12(18)16(10)11)5-3-7-15(13)2/h10-11,14H,3-8H2,1-2H3. The Kier molecular flexibility index (Phi) is 2.71. The number of Topliss-reactive ketones (excluding diaryl/α,β-unsaturated/α-hetero) is 1. The SMILES string of the molecule is CC(=O)C1CCNC2CC3(CCCN3C)C(=O)N21. The monoisotopic (exact) mass is 251 g/mol. The molecule has 3 atom stereocenters. The third-order valence-electron chi connectivity index (χ3n) is 4.92. The van der Waals surface area contributed by atoms with E-state index in [1.54, 1.807) is 6.92 Å². The number of carbonyl (C=O) groups is 2. The van der Waals surface area contributed by atoms with Gasteiger partial charge in [-0.3, -0.25) is 19.8 Å². The molecular weight excluding hydrogens is 230 g/mol. The molecule has 3 aliphatic heterocycles. The van der Waals surface area contributed by atoms with E-state index in [0.717, 1.165) is 38.8 Å². The number of likely N-dealkylation sites (N-methyl/N-ethyl adjacent to an activating group) is 1. The Bertz CT molecular complexity index is 398. The van der Waals surface area contributed by atoms with Crippen LogP contribution in [0.3, 0.4) is 0 Å². The number of amides is 1. The molecule has 5 nitrogen and oxygen atoms in total. The summed E-state index contributed by atoms with van der Waals surface area (Å²) in [7, 11) is 2.03. The van der Waals surface area contributed by atoms with Crippen molar-refractivity contribution in [3.63, 3.8) is 0 Å². The highest BCUT2D eigenvalue weighted by molar-refractivity contribution is 5.94. The number of hydrogen-bond donors (Lipinski definition) is 1. The molecule has 0 saturated carbocycles. The van der Waals surface area contributed by atoms with Gasteiger partial charge in [0.2, 0.25) is 5.91 Å². The largest absolute Gasteiger partial charge is 0.315 e. The van der Waals surface area contributed by atoms with Crippen LogP contribution in [0.5, 0.6) is 0 Å². The second-order valence-electron chi connectivity index (χ2n) is 5.86. The minimum atomic E-state index is -0.338. The molecule has 3 unspecified atom stereocenters. The summed E-state index contributed by atoms with van der Waals surface area (Å²) in [5.74, 6) is 0.285. The number of ketones is 1. The van der Waals surface area contributed by atoms with Gasteiger partial charge in [0, 0.05) is 6.42 Å². The fourth-order valence-electron chi connectivity index (χ4n) is 3.88. The van der Waals surface area contributed by atoms with Crippen LogP contribution in [0, 0.1) is 0 Å². The summed E-state index contributed by atoms with van der Waals surface area (Å²) < 4.78 is 0. The molecule has 1 spiro atoms. The summed E-state index contributed by atoms with van der Waals surface area (Å²) in [5, 5.41) is 3.39. The van der Waals surface area contributed by atoms with Crippen LogP contribution in [0.2, 0.25) is 0 Å². The van der Waals surface area contributed by atoms with Crippen molar-refractivity contribution in [1.82, 2.24) is 15.1 Å². The average molecular weight is 251 g/mol. The summed E-state index contributed by atoms with van der Waals surface area (Å²) in [6, 6.07) is -0.211. The third-order valence-corrected chi connectivity index (χ3v) is 4.92. The highest BCUT2D eigenvalue weighted by Gasteiger charge is 2.58. The van der Waals surface area contributed by atoms with Gasteiger partial charge >= 0.3 is 0 Å². The molecule has 5 heteroatoms. The summed E-state index contributed by atoms with van der Waals surface area (Å²) in [5.41, 5.74) is -0.338. The molecule has 0 aliphatic carbocycles. The first-order valence-corrected chi connectivity index (χ1v) is 6.84. The van der Waals surface area contributed by atoms with Crippen LogP contribution in [0.15, 0.2) is 0 Å². The number of likely N-dealkylation sites (tertiary alicyclic amines) is 1. The zero-order chi connectivity index (χ0) is 12.9. The lowest BCUT2D eigenvalue weighted by Gasteiger charge is -2.37. The Balaban J connectivity index is 1.93. The third kappa shape index (κ3) is 1.47. The zero-order valence-electron chi connectivity index (χ0n) is 11.1. The normalized spacial score (nSPS) is 40.6. The van der Waals surface area contributed by atoms with Crippen molar-refractivity contribution >= 4 is 11.7 Å². The molecule has 1 N–H and O–H groups in total. The quantitative estimate of drug-likeness (QED) is 0.710. The van der Waals surface area contributed by atoms with Crippen LogP contribution in [0.4, 0.5) is 0 Å². The number of nitrogens with one attached hydrogen (secondary N) is 1. The van der Waals surface area contributed by atoms with Gasteiger partial charge in [-0.25, -0.2) is 0 Å². The number of nitrogens with zero attached hydrogens (tertiary/aromatic N) is 2. The van der Waals surface area contributed by atoms with Gasteiger partial charge in [-0.2, -0.15) is 0 Å². The van der Waals surface area contributed by atoms with Crippen molar-refractivity contribution in [2.24, 2.45) is 0 Å². The van der Waals surface area contributed by atoms with Crippen LogP contribution in [0.1, 0.15) is 32.6 Å². The molecule has 0 aromatic carbocycles. The first-order chi connectivity index (χ1) is 8.56. The van der Waals surface area contributed by atoms with Crippen molar-refractivity contribution in [2.45, 2.75) is 50.4 Å².